The molecule has 1 fully saturated rings. The number of hydrogen-bond acceptors (Lipinski definition) is 2. The van der Waals surface area contributed by atoms with E-state index < -0.39 is 5.60 Å². The quantitative estimate of drug-likeness (QED) is 0.828. The van der Waals surface area contributed by atoms with Crippen LogP contribution in [-0.2, 0) is 12.1 Å². The molecule has 1 saturated carbocycles. The monoisotopic (exact) mass is 208 g/mol. The van der Waals surface area contributed by atoms with Crippen molar-refractivity contribution in [3.8, 4) is 0 Å². The summed E-state index contributed by atoms with van der Waals surface area (Å²) in [6, 6.07) is 1.97. The van der Waals surface area contributed by atoms with Crippen LogP contribution >= 0.6 is 0 Å². The summed E-state index contributed by atoms with van der Waals surface area (Å²) in [4.78, 5) is 0. The molecule has 15 heavy (non-hydrogen) atoms. The third-order valence-corrected chi connectivity index (χ3v) is 3.31. The second-order valence-electron chi connectivity index (χ2n) is 4.53. The fourth-order valence-corrected chi connectivity index (χ4v) is 2.51. The van der Waals surface area contributed by atoms with Crippen LogP contribution in [-0.4, -0.2) is 14.9 Å². The largest absolute Gasteiger partial charge is 0.384 e. The van der Waals surface area contributed by atoms with Crippen molar-refractivity contribution in [3.05, 3.63) is 18.0 Å². The van der Waals surface area contributed by atoms with Crippen LogP contribution in [0.4, 0.5) is 0 Å². The first-order chi connectivity index (χ1) is 7.26. The lowest BCUT2D eigenvalue weighted by Crippen LogP contribution is -2.31. The van der Waals surface area contributed by atoms with Gasteiger partial charge < -0.3 is 5.11 Å². The highest BCUT2D eigenvalue weighted by molar-refractivity contribution is 5.12. The topological polar surface area (TPSA) is 38.0 Å². The van der Waals surface area contributed by atoms with Crippen molar-refractivity contribution in [1.82, 2.24) is 9.78 Å². The van der Waals surface area contributed by atoms with Crippen LogP contribution in [0.1, 0.15) is 51.1 Å². The molecule has 1 aliphatic carbocycles. The summed E-state index contributed by atoms with van der Waals surface area (Å²) in [6.07, 6.45) is 8.17. The van der Waals surface area contributed by atoms with Gasteiger partial charge >= 0.3 is 0 Å². The van der Waals surface area contributed by atoms with Crippen molar-refractivity contribution in [2.45, 2.75) is 57.6 Å². The number of aliphatic hydroxyl groups is 1. The Labute approximate surface area is 91.1 Å². The van der Waals surface area contributed by atoms with Crippen molar-refractivity contribution in [2.24, 2.45) is 0 Å². The average Bonchev–Trinajstić information content (AvgIpc) is 2.68. The Bertz CT molecular complexity index is 313. The lowest BCUT2D eigenvalue weighted by atomic mass is 9.82. The second kappa shape index (κ2) is 4.35. The third-order valence-electron chi connectivity index (χ3n) is 3.31. The van der Waals surface area contributed by atoms with Gasteiger partial charge in [-0.1, -0.05) is 26.2 Å². The zero-order valence-electron chi connectivity index (χ0n) is 9.45. The molecule has 0 bridgehead atoms. The minimum atomic E-state index is -0.607. The van der Waals surface area contributed by atoms with E-state index >= 15 is 0 Å². The van der Waals surface area contributed by atoms with Crippen molar-refractivity contribution in [2.75, 3.05) is 0 Å². The van der Waals surface area contributed by atoms with Gasteiger partial charge in [0.15, 0.2) is 0 Å². The van der Waals surface area contributed by atoms with Crippen LogP contribution in [0.5, 0.6) is 0 Å². The van der Waals surface area contributed by atoms with E-state index in [-0.39, 0.29) is 0 Å². The van der Waals surface area contributed by atoms with Gasteiger partial charge in [-0.25, -0.2) is 0 Å². The minimum Gasteiger partial charge on any atom is -0.384 e. The molecule has 2 rings (SSSR count). The van der Waals surface area contributed by atoms with E-state index in [1.54, 1.807) is 6.20 Å². The maximum Gasteiger partial charge on any atom is 0.106 e. The first kappa shape index (κ1) is 10.7. The predicted molar refractivity (Wildman–Crippen MR) is 59.5 cm³/mol. The summed E-state index contributed by atoms with van der Waals surface area (Å²) in [5.41, 5.74) is 0.410. The van der Waals surface area contributed by atoms with E-state index in [9.17, 15) is 5.11 Å². The summed E-state index contributed by atoms with van der Waals surface area (Å²) < 4.78 is 1.96. The van der Waals surface area contributed by atoms with E-state index in [2.05, 4.69) is 12.0 Å². The van der Waals surface area contributed by atoms with E-state index in [1.807, 2.05) is 10.7 Å². The molecule has 0 aromatic carbocycles. The van der Waals surface area contributed by atoms with Crippen LogP contribution in [0.25, 0.3) is 0 Å². The summed E-state index contributed by atoms with van der Waals surface area (Å²) in [7, 11) is 0. The molecule has 3 heteroatoms. The highest BCUT2D eigenvalue weighted by Gasteiger charge is 2.33. The van der Waals surface area contributed by atoms with Gasteiger partial charge in [0, 0.05) is 12.7 Å². The fraction of sp³-hybridized carbons (Fsp3) is 0.750. The van der Waals surface area contributed by atoms with Crippen molar-refractivity contribution in [3.63, 3.8) is 0 Å². The van der Waals surface area contributed by atoms with Gasteiger partial charge in [-0.15, -0.1) is 0 Å². The number of hydrogen-bond donors (Lipinski definition) is 1. The fourth-order valence-electron chi connectivity index (χ4n) is 2.51. The van der Waals surface area contributed by atoms with Crippen molar-refractivity contribution >= 4 is 0 Å². The maximum absolute atomic E-state index is 10.6. The summed E-state index contributed by atoms with van der Waals surface area (Å²) in [6.45, 7) is 3.04. The lowest BCUT2D eigenvalue weighted by molar-refractivity contribution is -0.00883. The summed E-state index contributed by atoms with van der Waals surface area (Å²) in [5.74, 6) is 0. The Morgan fingerprint density at radius 2 is 2.13 bits per heavy atom. The van der Waals surface area contributed by atoms with Gasteiger partial charge in [-0.3, -0.25) is 4.68 Å². The molecule has 0 atom stereocenters. The minimum absolute atomic E-state index is 0.607. The van der Waals surface area contributed by atoms with Crippen LogP contribution in [0, 0.1) is 0 Å². The number of rotatable bonds is 3. The lowest BCUT2D eigenvalue weighted by Gasteiger charge is -2.32. The second-order valence-corrected chi connectivity index (χ2v) is 4.53. The van der Waals surface area contributed by atoms with Crippen LogP contribution < -0.4 is 0 Å². The molecule has 0 saturated heterocycles. The molecular formula is C12H20N2O. The molecule has 1 aliphatic rings. The predicted octanol–water partition coefficient (Wildman–Crippen LogP) is 2.44. The van der Waals surface area contributed by atoms with E-state index in [1.165, 1.54) is 6.42 Å². The Kier molecular flexibility index (Phi) is 3.10. The first-order valence-electron chi connectivity index (χ1n) is 6.01. The molecule has 0 amide bonds. The SMILES string of the molecule is CCCn1nccc1C1(O)CCCCC1. The summed E-state index contributed by atoms with van der Waals surface area (Å²) >= 11 is 0. The highest BCUT2D eigenvalue weighted by atomic mass is 16.3. The van der Waals surface area contributed by atoms with Crippen LogP contribution in [0.3, 0.4) is 0 Å². The molecule has 1 heterocycles. The molecule has 0 radical (unpaired) electrons. The molecule has 84 valence electrons. The zero-order chi connectivity index (χ0) is 10.7. The average molecular weight is 208 g/mol. The van der Waals surface area contributed by atoms with Gasteiger partial charge in [-0.05, 0) is 25.3 Å². The molecule has 0 spiro atoms. The molecule has 3 nitrogen and oxygen atoms in total. The Hall–Kier alpha value is -0.830. The number of aromatic nitrogens is 2. The Morgan fingerprint density at radius 3 is 2.80 bits per heavy atom. The van der Waals surface area contributed by atoms with E-state index in [0.29, 0.717) is 0 Å². The van der Waals surface area contributed by atoms with Crippen LogP contribution in [0.15, 0.2) is 12.3 Å². The Morgan fingerprint density at radius 1 is 1.40 bits per heavy atom. The van der Waals surface area contributed by atoms with Gasteiger partial charge in [0.1, 0.15) is 5.60 Å². The molecule has 1 aromatic heterocycles. The molecular weight excluding hydrogens is 188 g/mol. The molecule has 1 N–H and O–H groups in total. The zero-order valence-corrected chi connectivity index (χ0v) is 9.45. The molecule has 1 aromatic rings. The maximum atomic E-state index is 10.6. The van der Waals surface area contributed by atoms with Gasteiger partial charge in [0.05, 0.1) is 5.69 Å². The molecule has 0 unspecified atom stereocenters. The summed E-state index contributed by atoms with van der Waals surface area (Å²) in [5, 5.41) is 14.9. The van der Waals surface area contributed by atoms with Crippen molar-refractivity contribution < 1.29 is 5.11 Å². The number of aryl methyl sites for hydroxylation is 1. The van der Waals surface area contributed by atoms with E-state index in [0.717, 1.165) is 44.3 Å². The molecule has 0 aliphatic heterocycles. The first-order valence-corrected chi connectivity index (χ1v) is 6.01. The smallest absolute Gasteiger partial charge is 0.106 e. The van der Waals surface area contributed by atoms with Gasteiger partial charge in [0.25, 0.3) is 0 Å². The highest BCUT2D eigenvalue weighted by Crippen LogP contribution is 2.36. The van der Waals surface area contributed by atoms with Crippen molar-refractivity contribution in [1.29, 1.82) is 0 Å². The standard InChI is InChI=1S/C12H20N2O/c1-2-10-14-11(6-9-13-14)12(15)7-4-3-5-8-12/h6,9,15H,2-5,7-8,10H2,1H3. The normalized spacial score (nSPS) is 20.4. The Balaban J connectivity index is 2.22. The van der Waals surface area contributed by atoms with Gasteiger partial charge in [-0.2, -0.15) is 5.10 Å². The van der Waals surface area contributed by atoms with E-state index in [4.69, 9.17) is 0 Å². The van der Waals surface area contributed by atoms with Crippen LogP contribution in [0.2, 0.25) is 0 Å². The third kappa shape index (κ3) is 2.07. The number of nitrogens with zero attached hydrogens (tertiary/aromatic N) is 2. The van der Waals surface area contributed by atoms with Gasteiger partial charge in [0.2, 0.25) is 0 Å².